The van der Waals surface area contributed by atoms with Gasteiger partial charge in [0.25, 0.3) is 0 Å². The predicted octanol–water partition coefficient (Wildman–Crippen LogP) is 2.19. The molecule has 1 saturated heterocycles. The predicted molar refractivity (Wildman–Crippen MR) is 69.9 cm³/mol. The van der Waals surface area contributed by atoms with Crippen LogP contribution in [-0.4, -0.2) is 23.8 Å². The maximum Gasteiger partial charge on any atom is 0.0469 e. The molecule has 1 atom stereocenters. The van der Waals surface area contributed by atoms with Crippen LogP contribution in [-0.2, 0) is 17.7 Å². The molecule has 2 N–H and O–H groups in total. The highest BCUT2D eigenvalue weighted by molar-refractivity contribution is 5.09. The van der Waals surface area contributed by atoms with E-state index < -0.39 is 0 Å². The monoisotopic (exact) mass is 236 g/mol. The van der Waals surface area contributed by atoms with Gasteiger partial charge in [0.2, 0.25) is 0 Å². The van der Waals surface area contributed by atoms with Gasteiger partial charge in [-0.1, -0.05) is 6.92 Å². The van der Waals surface area contributed by atoms with Crippen molar-refractivity contribution >= 4 is 0 Å². The van der Waals surface area contributed by atoms with Crippen LogP contribution in [0.15, 0.2) is 18.3 Å². The van der Waals surface area contributed by atoms with Crippen LogP contribution in [0.5, 0.6) is 0 Å². The molecule has 3 heteroatoms. The lowest BCUT2D eigenvalue weighted by Crippen LogP contribution is -2.25. The molecule has 1 aliphatic heterocycles. The fourth-order valence-corrected chi connectivity index (χ4v) is 2.43. The molecule has 1 unspecified atom stereocenters. The third-order valence-corrected chi connectivity index (χ3v) is 3.72. The zero-order chi connectivity index (χ0) is 12.1. The minimum absolute atomic E-state index is 0.290. The Morgan fingerprint density at radius 1 is 1.47 bits per heavy atom. The van der Waals surface area contributed by atoms with Crippen LogP contribution in [0.25, 0.3) is 0 Å². The highest BCUT2D eigenvalue weighted by Crippen LogP contribution is 2.18. The molecule has 3 nitrogen and oxygen atoms in total. The summed E-state index contributed by atoms with van der Waals surface area (Å²) in [5.74, 6) is 0.771. The van der Waals surface area contributed by atoms with E-state index in [-0.39, 0.29) is 0 Å². The summed E-state index contributed by atoms with van der Waals surface area (Å²) in [5.41, 5.74) is 7.41. The van der Waals surface area contributed by atoms with E-state index >= 15 is 0 Å². The van der Waals surface area contributed by atoms with Crippen LogP contribution in [0, 0.1) is 5.92 Å². The first-order valence-electron chi connectivity index (χ1n) is 6.77. The average molecular weight is 236 g/mol. The van der Waals surface area contributed by atoms with Gasteiger partial charge in [-0.3, -0.25) is 0 Å². The topological polar surface area (TPSA) is 40.2 Å². The molecule has 1 aromatic rings. The van der Waals surface area contributed by atoms with E-state index in [1.54, 1.807) is 0 Å². The van der Waals surface area contributed by atoms with Crippen molar-refractivity contribution in [3.63, 3.8) is 0 Å². The third-order valence-electron chi connectivity index (χ3n) is 3.72. The largest absolute Gasteiger partial charge is 0.381 e. The Bertz CT molecular complexity index is 329. The van der Waals surface area contributed by atoms with E-state index in [2.05, 4.69) is 29.8 Å². The molecule has 1 fully saturated rings. The Hall–Kier alpha value is -0.800. The molecular weight excluding hydrogens is 212 g/mol. The van der Waals surface area contributed by atoms with Crippen molar-refractivity contribution in [3.05, 3.63) is 24.0 Å². The summed E-state index contributed by atoms with van der Waals surface area (Å²) < 4.78 is 7.78. The first-order valence-corrected chi connectivity index (χ1v) is 6.77. The normalized spacial score (nSPS) is 19.4. The number of ether oxygens (including phenoxy) is 1. The number of hydrogen-bond donors (Lipinski definition) is 1. The molecule has 96 valence electrons. The van der Waals surface area contributed by atoms with E-state index in [9.17, 15) is 0 Å². The van der Waals surface area contributed by atoms with Gasteiger partial charge in [-0.2, -0.15) is 0 Å². The van der Waals surface area contributed by atoms with Gasteiger partial charge >= 0.3 is 0 Å². The molecule has 0 radical (unpaired) electrons. The molecule has 1 aromatic heterocycles. The number of hydrogen-bond acceptors (Lipinski definition) is 2. The van der Waals surface area contributed by atoms with Crippen molar-refractivity contribution < 1.29 is 4.74 Å². The zero-order valence-electron chi connectivity index (χ0n) is 10.8. The van der Waals surface area contributed by atoms with Crippen LogP contribution in [0.3, 0.4) is 0 Å². The second kappa shape index (κ2) is 6.22. The fraction of sp³-hybridized carbons (Fsp3) is 0.714. The minimum atomic E-state index is 0.290. The van der Waals surface area contributed by atoms with E-state index in [0.717, 1.165) is 38.5 Å². The molecular formula is C14H24N2O. The molecule has 2 rings (SSSR count). The van der Waals surface area contributed by atoms with E-state index in [1.807, 2.05) is 0 Å². The lowest BCUT2D eigenvalue weighted by atomic mass is 10.00. The van der Waals surface area contributed by atoms with Gasteiger partial charge in [0, 0.05) is 44.1 Å². The Morgan fingerprint density at radius 2 is 2.24 bits per heavy atom. The first kappa shape index (κ1) is 12.7. The highest BCUT2D eigenvalue weighted by atomic mass is 16.5. The van der Waals surface area contributed by atoms with Crippen molar-refractivity contribution in [1.82, 2.24) is 4.57 Å². The molecule has 0 saturated carbocycles. The second-order valence-electron chi connectivity index (χ2n) is 5.08. The number of rotatable bonds is 5. The Morgan fingerprint density at radius 3 is 2.94 bits per heavy atom. The molecule has 1 aliphatic rings. The molecule has 17 heavy (non-hydrogen) atoms. The van der Waals surface area contributed by atoms with Crippen LogP contribution in [0.1, 0.15) is 31.9 Å². The van der Waals surface area contributed by atoms with Crippen molar-refractivity contribution in [2.24, 2.45) is 11.7 Å². The van der Waals surface area contributed by atoms with E-state index in [0.29, 0.717) is 6.04 Å². The van der Waals surface area contributed by atoms with Crippen molar-refractivity contribution in [3.8, 4) is 0 Å². The molecule has 0 aromatic carbocycles. The van der Waals surface area contributed by atoms with E-state index in [4.69, 9.17) is 10.5 Å². The maximum atomic E-state index is 6.03. The molecule has 0 aliphatic carbocycles. The lowest BCUT2D eigenvalue weighted by molar-refractivity contribution is 0.0610. The lowest BCUT2D eigenvalue weighted by Gasteiger charge is -2.24. The molecule has 0 spiro atoms. The summed E-state index contributed by atoms with van der Waals surface area (Å²) in [6.07, 6.45) is 6.61. The van der Waals surface area contributed by atoms with Crippen LogP contribution < -0.4 is 5.73 Å². The number of aromatic nitrogens is 1. The zero-order valence-corrected chi connectivity index (χ0v) is 10.8. The van der Waals surface area contributed by atoms with Crippen molar-refractivity contribution in [2.45, 2.75) is 45.2 Å². The number of nitrogens with zero attached hydrogens (tertiary/aromatic N) is 1. The van der Waals surface area contributed by atoms with Gasteiger partial charge in [-0.15, -0.1) is 0 Å². The van der Waals surface area contributed by atoms with Gasteiger partial charge in [-0.25, -0.2) is 0 Å². The summed E-state index contributed by atoms with van der Waals surface area (Å²) in [6.45, 7) is 5.13. The van der Waals surface area contributed by atoms with Crippen molar-refractivity contribution in [1.29, 1.82) is 0 Å². The SMILES string of the molecule is CCC(N)Cc1cccn1CC1CCOCC1. The Labute approximate surface area is 104 Å². The summed E-state index contributed by atoms with van der Waals surface area (Å²) in [6, 6.07) is 4.63. The Kier molecular flexibility index (Phi) is 4.63. The minimum Gasteiger partial charge on any atom is -0.381 e. The van der Waals surface area contributed by atoms with Gasteiger partial charge in [0.1, 0.15) is 0 Å². The summed E-state index contributed by atoms with van der Waals surface area (Å²) in [5, 5.41) is 0. The van der Waals surface area contributed by atoms with Gasteiger partial charge < -0.3 is 15.0 Å². The Balaban J connectivity index is 1.93. The van der Waals surface area contributed by atoms with Gasteiger partial charge in [0.15, 0.2) is 0 Å². The summed E-state index contributed by atoms with van der Waals surface area (Å²) in [7, 11) is 0. The summed E-state index contributed by atoms with van der Waals surface area (Å²) in [4.78, 5) is 0. The van der Waals surface area contributed by atoms with Gasteiger partial charge in [0.05, 0.1) is 0 Å². The fourth-order valence-electron chi connectivity index (χ4n) is 2.43. The van der Waals surface area contributed by atoms with E-state index in [1.165, 1.54) is 18.5 Å². The quantitative estimate of drug-likeness (QED) is 0.851. The van der Waals surface area contributed by atoms with Gasteiger partial charge in [-0.05, 0) is 37.3 Å². The molecule has 2 heterocycles. The van der Waals surface area contributed by atoms with Crippen LogP contribution in [0.4, 0.5) is 0 Å². The first-order chi connectivity index (χ1) is 8.29. The molecule has 0 bridgehead atoms. The smallest absolute Gasteiger partial charge is 0.0469 e. The standard InChI is InChI=1S/C14H24N2O/c1-2-13(15)10-14-4-3-7-16(14)11-12-5-8-17-9-6-12/h3-4,7,12-13H,2,5-6,8-11,15H2,1H3. The van der Waals surface area contributed by atoms with Crippen LogP contribution in [0.2, 0.25) is 0 Å². The average Bonchev–Trinajstić information content (AvgIpc) is 2.78. The van der Waals surface area contributed by atoms with Crippen LogP contribution >= 0.6 is 0 Å². The number of nitrogens with two attached hydrogens (primary N) is 1. The molecule has 0 amide bonds. The van der Waals surface area contributed by atoms with Crippen molar-refractivity contribution in [2.75, 3.05) is 13.2 Å². The third kappa shape index (κ3) is 3.58. The maximum absolute atomic E-state index is 6.03. The second-order valence-corrected chi connectivity index (χ2v) is 5.08. The summed E-state index contributed by atoms with van der Waals surface area (Å²) >= 11 is 0. The highest BCUT2D eigenvalue weighted by Gasteiger charge is 2.15.